The molecule has 19 heavy (non-hydrogen) atoms. The third-order valence-electron chi connectivity index (χ3n) is 3.22. The molecule has 0 spiro atoms. The number of hydrogen-bond donors (Lipinski definition) is 2. The van der Waals surface area contributed by atoms with E-state index >= 15 is 0 Å². The zero-order valence-corrected chi connectivity index (χ0v) is 11.4. The first kappa shape index (κ1) is 15.5. The van der Waals surface area contributed by atoms with E-state index < -0.39 is 5.97 Å². The van der Waals surface area contributed by atoms with Crippen molar-refractivity contribution in [2.45, 2.75) is 39.3 Å². The lowest BCUT2D eigenvalue weighted by Crippen LogP contribution is -2.37. The van der Waals surface area contributed by atoms with Crippen LogP contribution in [0.15, 0.2) is 12.5 Å². The second kappa shape index (κ2) is 7.81. The van der Waals surface area contributed by atoms with Gasteiger partial charge in [-0.3, -0.25) is 4.90 Å². The van der Waals surface area contributed by atoms with E-state index in [1.54, 1.807) is 0 Å². The van der Waals surface area contributed by atoms with Crippen LogP contribution >= 0.6 is 0 Å². The van der Waals surface area contributed by atoms with Crippen LogP contribution < -0.4 is 0 Å². The molecule has 106 valence electrons. The van der Waals surface area contributed by atoms with Crippen LogP contribution in [0, 0.1) is 0 Å². The monoisotopic (exact) mass is 267 g/mol. The Morgan fingerprint density at radius 1 is 1.42 bits per heavy atom. The minimum Gasteiger partial charge on any atom is -0.478 e. The average Bonchev–Trinajstić information content (AvgIpc) is 2.40. The van der Waals surface area contributed by atoms with Gasteiger partial charge in [0.05, 0.1) is 12.3 Å². The van der Waals surface area contributed by atoms with Crippen molar-refractivity contribution < 1.29 is 15.0 Å². The van der Waals surface area contributed by atoms with Crippen molar-refractivity contribution in [3.05, 3.63) is 23.8 Å². The highest BCUT2D eigenvalue weighted by molar-refractivity contribution is 5.88. The first-order valence-corrected chi connectivity index (χ1v) is 6.51. The molecular formula is C13H21N3O3. The quantitative estimate of drug-likeness (QED) is 0.735. The smallest absolute Gasteiger partial charge is 0.339 e. The van der Waals surface area contributed by atoms with E-state index in [2.05, 4.69) is 28.7 Å². The maximum atomic E-state index is 11.1. The van der Waals surface area contributed by atoms with E-state index in [4.69, 9.17) is 10.2 Å². The number of carbonyl (C=O) groups is 1. The number of aromatic nitrogens is 2. The van der Waals surface area contributed by atoms with Gasteiger partial charge in [0.1, 0.15) is 11.9 Å². The summed E-state index contributed by atoms with van der Waals surface area (Å²) in [5, 5.41) is 18.3. The number of aromatic carboxylic acids is 1. The van der Waals surface area contributed by atoms with Crippen molar-refractivity contribution in [1.29, 1.82) is 0 Å². The van der Waals surface area contributed by atoms with Gasteiger partial charge in [0, 0.05) is 25.3 Å². The van der Waals surface area contributed by atoms with E-state index in [9.17, 15) is 4.79 Å². The first-order chi connectivity index (χ1) is 9.13. The van der Waals surface area contributed by atoms with Crippen LogP contribution in [0.2, 0.25) is 0 Å². The summed E-state index contributed by atoms with van der Waals surface area (Å²) in [5.74, 6) is -1.02. The number of aliphatic hydroxyl groups excluding tert-OH is 1. The highest BCUT2D eigenvalue weighted by Gasteiger charge is 2.19. The van der Waals surface area contributed by atoms with Crippen molar-refractivity contribution in [1.82, 2.24) is 14.9 Å². The van der Waals surface area contributed by atoms with Crippen LogP contribution in [0.1, 0.15) is 42.7 Å². The lowest BCUT2D eigenvalue weighted by atomic mass is 10.1. The molecule has 0 saturated heterocycles. The van der Waals surface area contributed by atoms with Gasteiger partial charge in [0.25, 0.3) is 0 Å². The van der Waals surface area contributed by atoms with Crippen molar-refractivity contribution in [2.24, 2.45) is 0 Å². The lowest BCUT2D eigenvalue weighted by molar-refractivity contribution is 0.0691. The highest BCUT2D eigenvalue weighted by atomic mass is 16.4. The predicted octanol–water partition coefficient (Wildman–Crippen LogP) is 1.16. The van der Waals surface area contributed by atoms with Crippen LogP contribution in [-0.4, -0.2) is 50.2 Å². The fourth-order valence-corrected chi connectivity index (χ4v) is 2.18. The van der Waals surface area contributed by atoms with Crippen LogP contribution in [0.4, 0.5) is 0 Å². The van der Waals surface area contributed by atoms with Gasteiger partial charge in [-0.1, -0.05) is 13.8 Å². The summed E-state index contributed by atoms with van der Waals surface area (Å²) in [6.45, 7) is 5.13. The van der Waals surface area contributed by atoms with Gasteiger partial charge in [-0.05, 0) is 12.8 Å². The van der Waals surface area contributed by atoms with Crippen LogP contribution in [0.3, 0.4) is 0 Å². The summed E-state index contributed by atoms with van der Waals surface area (Å²) in [5.41, 5.74) is 0.610. The molecule has 0 unspecified atom stereocenters. The molecule has 1 rings (SSSR count). The zero-order chi connectivity index (χ0) is 14.3. The summed E-state index contributed by atoms with van der Waals surface area (Å²) in [6.07, 6.45) is 4.56. The molecule has 0 bridgehead atoms. The van der Waals surface area contributed by atoms with E-state index in [0.717, 1.165) is 12.8 Å². The fourth-order valence-electron chi connectivity index (χ4n) is 2.18. The maximum absolute atomic E-state index is 11.1. The Labute approximate surface area is 113 Å². The van der Waals surface area contributed by atoms with Crippen LogP contribution in [0.25, 0.3) is 0 Å². The van der Waals surface area contributed by atoms with Crippen molar-refractivity contribution in [2.75, 3.05) is 13.2 Å². The highest BCUT2D eigenvalue weighted by Crippen LogP contribution is 2.14. The molecule has 0 atom stereocenters. The third kappa shape index (κ3) is 4.25. The SMILES string of the molecule is CCC(CC)N(CCO)Cc1ncncc1C(=O)O. The second-order valence-corrected chi connectivity index (χ2v) is 4.35. The van der Waals surface area contributed by atoms with Crippen molar-refractivity contribution in [3.63, 3.8) is 0 Å². The molecule has 0 aliphatic carbocycles. The Morgan fingerprint density at radius 3 is 2.63 bits per heavy atom. The number of nitrogens with zero attached hydrogens (tertiary/aromatic N) is 3. The largest absolute Gasteiger partial charge is 0.478 e. The molecule has 1 aromatic rings. The van der Waals surface area contributed by atoms with Gasteiger partial charge >= 0.3 is 5.97 Å². The van der Waals surface area contributed by atoms with E-state index in [0.29, 0.717) is 24.8 Å². The van der Waals surface area contributed by atoms with Gasteiger partial charge < -0.3 is 10.2 Å². The predicted molar refractivity (Wildman–Crippen MR) is 70.9 cm³/mol. The molecule has 6 heteroatoms. The Hall–Kier alpha value is -1.53. The third-order valence-corrected chi connectivity index (χ3v) is 3.22. The number of carboxylic acids is 1. The first-order valence-electron chi connectivity index (χ1n) is 6.51. The van der Waals surface area contributed by atoms with Gasteiger partial charge in [-0.15, -0.1) is 0 Å². The molecule has 0 amide bonds. The maximum Gasteiger partial charge on any atom is 0.339 e. The van der Waals surface area contributed by atoms with E-state index in [1.165, 1.54) is 12.5 Å². The molecule has 0 aliphatic heterocycles. The summed E-state index contributed by atoms with van der Waals surface area (Å²) in [6, 6.07) is 0.309. The Balaban J connectivity index is 2.93. The number of hydrogen-bond acceptors (Lipinski definition) is 5. The van der Waals surface area contributed by atoms with Crippen molar-refractivity contribution in [3.8, 4) is 0 Å². The zero-order valence-electron chi connectivity index (χ0n) is 11.4. The fraction of sp³-hybridized carbons (Fsp3) is 0.615. The Morgan fingerprint density at radius 2 is 2.11 bits per heavy atom. The van der Waals surface area contributed by atoms with Crippen LogP contribution in [-0.2, 0) is 6.54 Å². The van der Waals surface area contributed by atoms with Gasteiger partial charge in [-0.25, -0.2) is 14.8 Å². The van der Waals surface area contributed by atoms with Gasteiger partial charge in [0.15, 0.2) is 0 Å². The minimum absolute atomic E-state index is 0.0456. The summed E-state index contributed by atoms with van der Waals surface area (Å²) < 4.78 is 0. The normalized spacial score (nSPS) is 11.2. The molecule has 2 N–H and O–H groups in total. The standard InChI is InChI=1S/C13H21N3O3/c1-3-10(4-2)16(5-6-17)8-12-11(13(18)19)7-14-9-15-12/h7,9-10,17H,3-6,8H2,1-2H3,(H,18,19). The second-order valence-electron chi connectivity index (χ2n) is 4.35. The Kier molecular flexibility index (Phi) is 6.38. The number of aliphatic hydroxyl groups is 1. The Bertz CT molecular complexity index is 408. The van der Waals surface area contributed by atoms with E-state index in [1.807, 2.05) is 0 Å². The molecule has 0 radical (unpaired) electrons. The number of carboxylic acid groups (broad SMARTS) is 1. The molecular weight excluding hydrogens is 246 g/mol. The van der Waals surface area contributed by atoms with Gasteiger partial charge in [-0.2, -0.15) is 0 Å². The van der Waals surface area contributed by atoms with Gasteiger partial charge in [0.2, 0.25) is 0 Å². The molecule has 6 nitrogen and oxygen atoms in total. The minimum atomic E-state index is -1.02. The average molecular weight is 267 g/mol. The molecule has 1 heterocycles. The van der Waals surface area contributed by atoms with E-state index in [-0.39, 0.29) is 12.2 Å². The summed E-state index contributed by atoms with van der Waals surface area (Å²) in [4.78, 5) is 21.0. The number of rotatable bonds is 8. The summed E-state index contributed by atoms with van der Waals surface area (Å²) in [7, 11) is 0. The summed E-state index contributed by atoms with van der Waals surface area (Å²) >= 11 is 0. The molecule has 0 aromatic carbocycles. The molecule has 1 aromatic heterocycles. The topological polar surface area (TPSA) is 86.5 Å². The lowest BCUT2D eigenvalue weighted by Gasteiger charge is -2.29. The van der Waals surface area contributed by atoms with Crippen LogP contribution in [0.5, 0.6) is 0 Å². The molecule has 0 fully saturated rings. The van der Waals surface area contributed by atoms with Crippen molar-refractivity contribution >= 4 is 5.97 Å². The molecule has 0 aliphatic rings. The molecule has 0 saturated carbocycles.